The van der Waals surface area contributed by atoms with Gasteiger partial charge in [0, 0.05) is 28.6 Å². The zero-order valence-corrected chi connectivity index (χ0v) is 18.3. The van der Waals surface area contributed by atoms with Crippen molar-refractivity contribution in [3.63, 3.8) is 0 Å². The molecule has 1 aromatic carbocycles. The smallest absolute Gasteiger partial charge is 0.350 e. The number of thiophene rings is 1. The number of hydrogen-bond acceptors (Lipinski definition) is 6. The van der Waals surface area contributed by atoms with Crippen molar-refractivity contribution in [2.75, 3.05) is 11.9 Å². The predicted molar refractivity (Wildman–Crippen MR) is 117 cm³/mol. The molecule has 30 heavy (non-hydrogen) atoms. The number of esters is 1. The molecule has 156 valence electrons. The highest BCUT2D eigenvalue weighted by molar-refractivity contribution is 7.21. The van der Waals surface area contributed by atoms with Crippen LogP contribution in [0.1, 0.15) is 57.6 Å². The number of ether oxygens (including phenoxy) is 2. The number of anilines is 1. The quantitative estimate of drug-likeness (QED) is 0.604. The lowest BCUT2D eigenvalue weighted by Gasteiger charge is -2.33. The summed E-state index contributed by atoms with van der Waals surface area (Å²) in [5.41, 5.74) is 3.62. The van der Waals surface area contributed by atoms with Gasteiger partial charge in [-0.25, -0.2) is 9.78 Å². The number of carbonyl (C=O) groups excluding carboxylic acids is 2. The molecule has 1 amide bonds. The second-order valence-electron chi connectivity index (χ2n) is 7.91. The monoisotopic (exact) mass is 424 g/mol. The van der Waals surface area contributed by atoms with E-state index in [1.54, 1.807) is 31.2 Å². The molecule has 6 nitrogen and oxygen atoms in total. The van der Waals surface area contributed by atoms with Crippen molar-refractivity contribution in [1.29, 1.82) is 0 Å². The van der Waals surface area contributed by atoms with E-state index in [1.807, 2.05) is 26.8 Å². The summed E-state index contributed by atoms with van der Waals surface area (Å²) in [6.45, 7) is 8.50. The first-order valence-corrected chi connectivity index (χ1v) is 10.7. The van der Waals surface area contributed by atoms with Gasteiger partial charge in [0.2, 0.25) is 0 Å². The van der Waals surface area contributed by atoms with Crippen LogP contribution < -0.4 is 5.32 Å². The highest BCUT2D eigenvalue weighted by Gasteiger charge is 2.33. The van der Waals surface area contributed by atoms with E-state index >= 15 is 0 Å². The highest BCUT2D eigenvalue weighted by atomic mass is 32.1. The van der Waals surface area contributed by atoms with E-state index in [0.717, 1.165) is 27.0 Å². The largest absolute Gasteiger partial charge is 0.462 e. The molecule has 0 aliphatic carbocycles. The number of nitrogens with zero attached hydrogens (tertiary/aromatic N) is 1. The van der Waals surface area contributed by atoms with Crippen LogP contribution in [0.3, 0.4) is 0 Å². The van der Waals surface area contributed by atoms with Gasteiger partial charge in [0.1, 0.15) is 9.71 Å². The number of amides is 1. The Balaban J connectivity index is 1.92. The summed E-state index contributed by atoms with van der Waals surface area (Å²) in [6, 6.07) is 8.94. The van der Waals surface area contributed by atoms with Crippen LogP contribution in [0.25, 0.3) is 10.2 Å². The number of benzene rings is 1. The number of carbonyl (C=O) groups is 2. The van der Waals surface area contributed by atoms with Gasteiger partial charge in [-0.2, -0.15) is 0 Å². The molecule has 0 spiro atoms. The SMILES string of the molecule is CCOC(=O)c1sc2nc(C)c3c(c2c1NC(=O)c1ccccc1)CC(C)(C)OC3. The molecule has 0 radical (unpaired) electrons. The molecule has 3 aromatic rings. The lowest BCUT2D eigenvalue weighted by Crippen LogP contribution is -2.32. The maximum absolute atomic E-state index is 12.9. The highest BCUT2D eigenvalue weighted by Crippen LogP contribution is 2.43. The Morgan fingerprint density at radius 2 is 1.97 bits per heavy atom. The van der Waals surface area contributed by atoms with Crippen LogP contribution in [0.2, 0.25) is 0 Å². The fourth-order valence-corrected chi connectivity index (χ4v) is 4.83. The molecular weight excluding hydrogens is 400 g/mol. The Morgan fingerprint density at radius 3 is 2.67 bits per heavy atom. The van der Waals surface area contributed by atoms with Gasteiger partial charge in [-0.3, -0.25) is 4.79 Å². The van der Waals surface area contributed by atoms with Gasteiger partial charge in [-0.15, -0.1) is 11.3 Å². The molecule has 1 N–H and O–H groups in total. The van der Waals surface area contributed by atoms with E-state index in [2.05, 4.69) is 5.32 Å². The molecular formula is C23H24N2O4S. The van der Waals surface area contributed by atoms with E-state index < -0.39 is 5.97 Å². The summed E-state index contributed by atoms with van der Waals surface area (Å²) in [6.07, 6.45) is 0.662. The Morgan fingerprint density at radius 1 is 1.23 bits per heavy atom. The number of pyridine rings is 1. The molecule has 0 unspecified atom stereocenters. The summed E-state index contributed by atoms with van der Waals surface area (Å²) in [7, 11) is 0. The van der Waals surface area contributed by atoms with Gasteiger partial charge >= 0.3 is 5.97 Å². The van der Waals surface area contributed by atoms with Crippen LogP contribution in [-0.4, -0.2) is 29.1 Å². The van der Waals surface area contributed by atoms with Crippen LogP contribution in [0.5, 0.6) is 0 Å². The molecule has 4 rings (SSSR count). The van der Waals surface area contributed by atoms with Gasteiger partial charge in [-0.1, -0.05) is 18.2 Å². The van der Waals surface area contributed by atoms with Crippen LogP contribution in [-0.2, 0) is 22.5 Å². The second kappa shape index (κ2) is 7.81. The third-order valence-electron chi connectivity index (χ3n) is 5.21. The van der Waals surface area contributed by atoms with Gasteiger partial charge in [0.25, 0.3) is 5.91 Å². The number of rotatable bonds is 4. The van der Waals surface area contributed by atoms with E-state index in [1.165, 1.54) is 11.3 Å². The number of hydrogen-bond donors (Lipinski definition) is 1. The molecule has 2 aromatic heterocycles. The first-order valence-electron chi connectivity index (χ1n) is 9.93. The van der Waals surface area contributed by atoms with Crippen molar-refractivity contribution < 1.29 is 19.1 Å². The van der Waals surface area contributed by atoms with Crippen molar-refractivity contribution >= 4 is 39.1 Å². The molecule has 3 heterocycles. The molecule has 0 saturated carbocycles. The summed E-state index contributed by atoms with van der Waals surface area (Å²) < 4.78 is 11.3. The minimum absolute atomic E-state index is 0.255. The number of aryl methyl sites for hydroxylation is 1. The van der Waals surface area contributed by atoms with Crippen molar-refractivity contribution in [2.24, 2.45) is 0 Å². The minimum Gasteiger partial charge on any atom is -0.462 e. The van der Waals surface area contributed by atoms with Crippen molar-refractivity contribution in [3.05, 3.63) is 57.6 Å². The molecule has 0 atom stereocenters. The van der Waals surface area contributed by atoms with Crippen molar-refractivity contribution in [1.82, 2.24) is 4.98 Å². The number of nitrogens with one attached hydrogen (secondary N) is 1. The predicted octanol–water partition coefficient (Wildman–Crippen LogP) is 4.89. The van der Waals surface area contributed by atoms with Crippen molar-refractivity contribution in [2.45, 2.75) is 46.3 Å². The average molecular weight is 425 g/mol. The third kappa shape index (κ3) is 3.70. The van der Waals surface area contributed by atoms with Gasteiger partial charge in [0.15, 0.2) is 0 Å². The summed E-state index contributed by atoms with van der Waals surface area (Å²) in [5, 5.41) is 3.79. The number of aromatic nitrogens is 1. The van der Waals surface area contributed by atoms with Gasteiger partial charge in [0.05, 0.1) is 24.5 Å². The third-order valence-corrected chi connectivity index (χ3v) is 6.27. The van der Waals surface area contributed by atoms with Gasteiger partial charge in [-0.05, 0) is 45.4 Å². The lowest BCUT2D eigenvalue weighted by molar-refractivity contribution is -0.0400. The Bertz CT molecular complexity index is 1140. The summed E-state index contributed by atoms with van der Waals surface area (Å²) >= 11 is 1.26. The second-order valence-corrected chi connectivity index (χ2v) is 8.91. The molecule has 7 heteroatoms. The average Bonchev–Trinajstić information content (AvgIpc) is 3.06. The summed E-state index contributed by atoms with van der Waals surface area (Å²) in [5.74, 6) is -0.733. The summed E-state index contributed by atoms with van der Waals surface area (Å²) in [4.78, 5) is 31.5. The molecule has 1 aliphatic heterocycles. The Labute approximate surface area is 179 Å². The molecule has 1 aliphatic rings. The zero-order valence-electron chi connectivity index (χ0n) is 17.5. The van der Waals surface area contributed by atoms with Crippen molar-refractivity contribution in [3.8, 4) is 0 Å². The normalized spacial score (nSPS) is 14.9. The lowest BCUT2D eigenvalue weighted by atomic mass is 9.89. The van der Waals surface area contributed by atoms with Gasteiger partial charge < -0.3 is 14.8 Å². The maximum atomic E-state index is 12.9. The Hall–Kier alpha value is -2.77. The zero-order chi connectivity index (χ0) is 21.5. The first-order chi connectivity index (χ1) is 14.3. The molecule has 0 saturated heterocycles. The Kier molecular flexibility index (Phi) is 5.34. The van der Waals surface area contributed by atoms with Crippen LogP contribution in [0.4, 0.5) is 5.69 Å². The van der Waals surface area contributed by atoms with Crippen LogP contribution >= 0.6 is 11.3 Å². The van der Waals surface area contributed by atoms with E-state index in [9.17, 15) is 9.59 Å². The van der Waals surface area contributed by atoms with E-state index in [0.29, 0.717) is 29.2 Å². The molecule has 0 bridgehead atoms. The fourth-order valence-electron chi connectivity index (χ4n) is 3.73. The van der Waals surface area contributed by atoms with Crippen LogP contribution in [0.15, 0.2) is 30.3 Å². The fraction of sp³-hybridized carbons (Fsp3) is 0.348. The standard InChI is InChI=1S/C23H24N2O4S/c1-5-28-22(27)19-18(25-20(26)14-9-7-6-8-10-14)17-15-11-23(3,4)29-12-16(15)13(2)24-21(17)30-19/h6-10H,5,11-12H2,1-4H3,(H,25,26). The van der Waals surface area contributed by atoms with Crippen LogP contribution in [0, 0.1) is 6.92 Å². The molecule has 0 fully saturated rings. The van der Waals surface area contributed by atoms with E-state index in [4.69, 9.17) is 14.5 Å². The minimum atomic E-state index is -0.457. The topological polar surface area (TPSA) is 77.5 Å². The maximum Gasteiger partial charge on any atom is 0.350 e. The number of fused-ring (bicyclic) bond motifs is 3. The van der Waals surface area contributed by atoms with E-state index in [-0.39, 0.29) is 18.1 Å². The first kappa shape index (κ1) is 20.5.